The Morgan fingerprint density at radius 3 is 2.91 bits per heavy atom. The predicted octanol–water partition coefficient (Wildman–Crippen LogP) is 5.10. The highest BCUT2D eigenvalue weighted by atomic mass is 35.5. The molecule has 0 bridgehead atoms. The van der Waals surface area contributed by atoms with E-state index in [0.29, 0.717) is 11.4 Å². The molecule has 9 heteroatoms. The largest absolute Gasteiger partial charge is 0.333 e. The van der Waals surface area contributed by atoms with Crippen LogP contribution in [-0.4, -0.2) is 15.1 Å². The molecular formula is C14H7Cl2N3O3S. The van der Waals surface area contributed by atoms with E-state index < -0.39 is 4.92 Å². The van der Waals surface area contributed by atoms with E-state index in [0.717, 1.165) is 5.56 Å². The van der Waals surface area contributed by atoms with Crippen molar-refractivity contribution in [1.29, 1.82) is 0 Å². The zero-order chi connectivity index (χ0) is 16.4. The second kappa shape index (κ2) is 6.49. The van der Waals surface area contributed by atoms with Crippen molar-refractivity contribution in [3.63, 3.8) is 0 Å². The molecule has 0 aliphatic heterocycles. The summed E-state index contributed by atoms with van der Waals surface area (Å²) in [4.78, 5) is 14.5. The molecule has 6 nitrogen and oxygen atoms in total. The number of nitrogens with zero attached hydrogens (tertiary/aromatic N) is 3. The van der Waals surface area contributed by atoms with Crippen LogP contribution in [0.25, 0.3) is 22.5 Å². The molecular weight excluding hydrogens is 361 g/mol. The van der Waals surface area contributed by atoms with Gasteiger partial charge in [-0.1, -0.05) is 34.4 Å². The number of halogens is 2. The highest BCUT2D eigenvalue weighted by molar-refractivity contribution is 7.08. The van der Waals surface area contributed by atoms with Crippen LogP contribution in [0, 0.1) is 10.1 Å². The lowest BCUT2D eigenvalue weighted by molar-refractivity contribution is -0.384. The minimum Gasteiger partial charge on any atom is -0.333 e. The van der Waals surface area contributed by atoms with Gasteiger partial charge in [-0.2, -0.15) is 16.3 Å². The van der Waals surface area contributed by atoms with Crippen LogP contribution in [-0.2, 0) is 0 Å². The summed E-state index contributed by atoms with van der Waals surface area (Å²) in [7, 11) is 0. The van der Waals surface area contributed by atoms with Gasteiger partial charge in [-0.05, 0) is 29.2 Å². The molecule has 3 aromatic rings. The van der Waals surface area contributed by atoms with E-state index in [1.807, 2.05) is 16.8 Å². The molecule has 0 saturated carbocycles. The molecule has 0 amide bonds. The highest BCUT2D eigenvalue weighted by Crippen LogP contribution is 2.29. The molecule has 1 aromatic carbocycles. The summed E-state index contributed by atoms with van der Waals surface area (Å²) in [6, 6.07) is 6.22. The van der Waals surface area contributed by atoms with Gasteiger partial charge in [0, 0.05) is 17.0 Å². The van der Waals surface area contributed by atoms with Crippen molar-refractivity contribution < 1.29 is 9.45 Å². The number of benzene rings is 1. The highest BCUT2D eigenvalue weighted by Gasteiger charge is 2.14. The molecule has 0 spiro atoms. The van der Waals surface area contributed by atoms with Gasteiger partial charge in [0.15, 0.2) is 0 Å². The second-order valence-electron chi connectivity index (χ2n) is 4.40. The monoisotopic (exact) mass is 367 g/mol. The van der Waals surface area contributed by atoms with E-state index in [2.05, 4.69) is 10.1 Å². The summed E-state index contributed by atoms with van der Waals surface area (Å²) in [6.45, 7) is 0. The van der Waals surface area contributed by atoms with Gasteiger partial charge in [0.05, 0.1) is 4.92 Å². The average Bonchev–Trinajstić information content (AvgIpc) is 3.19. The van der Waals surface area contributed by atoms with E-state index >= 15 is 0 Å². The molecule has 0 fully saturated rings. The van der Waals surface area contributed by atoms with E-state index in [9.17, 15) is 10.1 Å². The summed E-state index contributed by atoms with van der Waals surface area (Å²) in [6.07, 6.45) is 1.50. The summed E-state index contributed by atoms with van der Waals surface area (Å²) >= 11 is 13.4. The standard InChI is InChI=1S/C14H7Cl2N3O3S/c15-10-2-1-8(6-12(10)19(20)21)5-11(16)14-17-13(18-22-14)9-3-4-23-7-9/h1-7H/b11-5-. The van der Waals surface area contributed by atoms with Crippen LogP contribution >= 0.6 is 34.5 Å². The molecule has 23 heavy (non-hydrogen) atoms. The van der Waals surface area contributed by atoms with Gasteiger partial charge < -0.3 is 4.52 Å². The van der Waals surface area contributed by atoms with E-state index in [4.69, 9.17) is 27.7 Å². The van der Waals surface area contributed by atoms with Crippen LogP contribution < -0.4 is 0 Å². The Hall–Kier alpha value is -2.22. The molecule has 116 valence electrons. The fraction of sp³-hybridized carbons (Fsp3) is 0. The lowest BCUT2D eigenvalue weighted by Gasteiger charge is -1.98. The molecule has 0 aliphatic rings. The van der Waals surface area contributed by atoms with Gasteiger partial charge in [0.1, 0.15) is 10.1 Å². The second-order valence-corrected chi connectivity index (χ2v) is 5.99. The third-order valence-corrected chi connectivity index (χ3v) is 4.14. The maximum atomic E-state index is 10.9. The first-order chi connectivity index (χ1) is 11.0. The fourth-order valence-electron chi connectivity index (χ4n) is 1.80. The van der Waals surface area contributed by atoms with Crippen LogP contribution in [0.4, 0.5) is 5.69 Å². The van der Waals surface area contributed by atoms with Crippen LogP contribution in [0.1, 0.15) is 11.5 Å². The normalized spacial score (nSPS) is 11.7. The Labute approximate surface area is 144 Å². The lowest BCUT2D eigenvalue weighted by atomic mass is 10.2. The fourth-order valence-corrected chi connectivity index (χ4v) is 2.82. The van der Waals surface area contributed by atoms with Crippen molar-refractivity contribution in [2.24, 2.45) is 0 Å². The van der Waals surface area contributed by atoms with Crippen molar-refractivity contribution in [1.82, 2.24) is 10.1 Å². The molecule has 3 rings (SSSR count). The lowest BCUT2D eigenvalue weighted by Crippen LogP contribution is -1.89. The third kappa shape index (κ3) is 3.42. The van der Waals surface area contributed by atoms with Crippen LogP contribution in [0.3, 0.4) is 0 Å². The summed E-state index contributed by atoms with van der Waals surface area (Å²) < 4.78 is 5.11. The summed E-state index contributed by atoms with van der Waals surface area (Å²) in [5.74, 6) is 0.556. The zero-order valence-corrected chi connectivity index (χ0v) is 13.6. The Morgan fingerprint density at radius 2 is 2.22 bits per heavy atom. The Morgan fingerprint density at radius 1 is 1.39 bits per heavy atom. The molecule has 0 unspecified atom stereocenters. The number of aromatic nitrogens is 2. The first-order valence-electron chi connectivity index (χ1n) is 6.22. The maximum Gasteiger partial charge on any atom is 0.288 e. The quantitative estimate of drug-likeness (QED) is 0.473. The van der Waals surface area contributed by atoms with E-state index in [-0.39, 0.29) is 21.6 Å². The molecule has 0 N–H and O–H groups in total. The van der Waals surface area contributed by atoms with E-state index in [1.165, 1.54) is 29.5 Å². The predicted molar refractivity (Wildman–Crippen MR) is 89.4 cm³/mol. The van der Waals surface area contributed by atoms with Crippen molar-refractivity contribution in [3.05, 3.63) is 61.6 Å². The number of thiophene rings is 1. The average molecular weight is 368 g/mol. The van der Waals surface area contributed by atoms with Crippen LogP contribution in [0.15, 0.2) is 39.5 Å². The zero-order valence-electron chi connectivity index (χ0n) is 11.3. The molecule has 0 saturated heterocycles. The number of rotatable bonds is 4. The first-order valence-corrected chi connectivity index (χ1v) is 7.92. The van der Waals surface area contributed by atoms with Gasteiger partial charge in [-0.25, -0.2) is 0 Å². The summed E-state index contributed by atoms with van der Waals surface area (Å²) in [5, 5.41) is 18.8. The van der Waals surface area contributed by atoms with Gasteiger partial charge in [-0.3, -0.25) is 10.1 Å². The Bertz CT molecular complexity index is 891. The molecule has 2 aromatic heterocycles. The van der Waals surface area contributed by atoms with Crippen LogP contribution in [0.5, 0.6) is 0 Å². The van der Waals surface area contributed by atoms with Gasteiger partial charge in [0.25, 0.3) is 11.6 Å². The number of nitro groups is 1. The minimum absolute atomic E-state index is 0.0563. The number of nitro benzene ring substituents is 1. The SMILES string of the molecule is O=[N+]([O-])c1cc(/C=C(\Cl)c2nc(-c3ccsc3)no2)ccc1Cl. The Kier molecular flexibility index (Phi) is 4.42. The Balaban J connectivity index is 1.91. The number of hydrogen-bond donors (Lipinski definition) is 0. The van der Waals surface area contributed by atoms with Gasteiger partial charge in [0.2, 0.25) is 5.82 Å². The van der Waals surface area contributed by atoms with Gasteiger partial charge in [-0.15, -0.1) is 0 Å². The topological polar surface area (TPSA) is 82.1 Å². The molecule has 0 radical (unpaired) electrons. The van der Waals surface area contributed by atoms with Crippen molar-refractivity contribution in [3.8, 4) is 11.4 Å². The van der Waals surface area contributed by atoms with Gasteiger partial charge >= 0.3 is 0 Å². The molecule has 0 aliphatic carbocycles. The van der Waals surface area contributed by atoms with Crippen LogP contribution in [0.2, 0.25) is 5.02 Å². The van der Waals surface area contributed by atoms with Crippen molar-refractivity contribution in [2.45, 2.75) is 0 Å². The smallest absolute Gasteiger partial charge is 0.288 e. The molecule has 2 heterocycles. The summed E-state index contributed by atoms with van der Waals surface area (Å²) in [5.41, 5.74) is 1.13. The molecule has 0 atom stereocenters. The van der Waals surface area contributed by atoms with Crippen molar-refractivity contribution in [2.75, 3.05) is 0 Å². The third-order valence-electron chi connectivity index (χ3n) is 2.87. The van der Waals surface area contributed by atoms with Crippen molar-refractivity contribution >= 4 is 51.3 Å². The van der Waals surface area contributed by atoms with E-state index in [1.54, 1.807) is 6.07 Å². The number of hydrogen-bond acceptors (Lipinski definition) is 6. The minimum atomic E-state index is -0.561. The first kappa shape index (κ1) is 15.7. The maximum absolute atomic E-state index is 10.9.